The number of nitrogens with one attached hydrogen (secondary N) is 2. The molecule has 1 heterocycles. The van der Waals surface area contributed by atoms with E-state index in [9.17, 15) is 4.79 Å². The minimum Gasteiger partial charge on any atom is -0.454 e. The number of amides is 1. The maximum Gasteiger partial charge on any atom is 0.262 e. The lowest BCUT2D eigenvalue weighted by Crippen LogP contribution is -2.27. The van der Waals surface area contributed by atoms with E-state index in [0.29, 0.717) is 32.3 Å². The normalized spacial score (nSPS) is 12.5. The van der Waals surface area contributed by atoms with E-state index in [1.165, 1.54) is 18.2 Å². The Morgan fingerprint density at radius 3 is 2.50 bits per heavy atom. The molecular formula is C16H11Cl3N2O3. The van der Waals surface area contributed by atoms with Gasteiger partial charge >= 0.3 is 0 Å². The van der Waals surface area contributed by atoms with Crippen LogP contribution in [0.4, 0.5) is 5.69 Å². The molecule has 124 valence electrons. The Morgan fingerprint density at radius 2 is 1.75 bits per heavy atom. The van der Waals surface area contributed by atoms with Gasteiger partial charge in [0.15, 0.2) is 11.5 Å². The monoisotopic (exact) mass is 384 g/mol. The van der Waals surface area contributed by atoms with Gasteiger partial charge in [0.25, 0.3) is 5.91 Å². The topological polar surface area (TPSA) is 59.6 Å². The second-order valence-electron chi connectivity index (χ2n) is 4.80. The Morgan fingerprint density at radius 1 is 1.04 bits per heavy atom. The Labute approximate surface area is 153 Å². The number of carbonyl (C=O) groups excluding carboxylic acids is 1. The number of hydrogen-bond acceptors (Lipinski definition) is 4. The minimum absolute atomic E-state index is 0.204. The predicted molar refractivity (Wildman–Crippen MR) is 94.8 cm³/mol. The first-order valence-corrected chi connectivity index (χ1v) is 7.94. The third-order valence-corrected chi connectivity index (χ3v) is 3.96. The van der Waals surface area contributed by atoms with Gasteiger partial charge in [-0.15, -0.1) is 0 Å². The summed E-state index contributed by atoms with van der Waals surface area (Å²) in [5, 5.41) is 1.00. The van der Waals surface area contributed by atoms with Crippen LogP contribution in [0, 0.1) is 0 Å². The van der Waals surface area contributed by atoms with Gasteiger partial charge in [-0.05, 0) is 35.9 Å². The molecule has 0 aromatic heterocycles. The maximum atomic E-state index is 11.9. The SMILES string of the molecule is O=C(/C=C/c1ccc2c(c1)OCO2)NNc1c(Cl)cc(Cl)cc1Cl. The van der Waals surface area contributed by atoms with Crippen molar-refractivity contribution in [1.29, 1.82) is 0 Å². The summed E-state index contributed by atoms with van der Waals surface area (Å²) < 4.78 is 10.5. The molecule has 2 N–H and O–H groups in total. The van der Waals surface area contributed by atoms with Crippen LogP contribution >= 0.6 is 34.8 Å². The van der Waals surface area contributed by atoms with Crippen molar-refractivity contribution in [2.75, 3.05) is 12.2 Å². The van der Waals surface area contributed by atoms with E-state index < -0.39 is 0 Å². The van der Waals surface area contributed by atoms with E-state index in [1.807, 2.05) is 6.07 Å². The highest BCUT2D eigenvalue weighted by Crippen LogP contribution is 2.33. The van der Waals surface area contributed by atoms with E-state index in [0.717, 1.165) is 5.56 Å². The number of benzene rings is 2. The van der Waals surface area contributed by atoms with Crippen molar-refractivity contribution in [2.45, 2.75) is 0 Å². The van der Waals surface area contributed by atoms with Gasteiger partial charge in [-0.2, -0.15) is 0 Å². The summed E-state index contributed by atoms with van der Waals surface area (Å²) in [7, 11) is 0. The molecule has 0 saturated heterocycles. The molecular weight excluding hydrogens is 375 g/mol. The van der Waals surface area contributed by atoms with E-state index in [4.69, 9.17) is 44.3 Å². The molecule has 0 radical (unpaired) electrons. The average molecular weight is 386 g/mol. The van der Waals surface area contributed by atoms with Gasteiger partial charge < -0.3 is 9.47 Å². The van der Waals surface area contributed by atoms with Crippen molar-refractivity contribution in [3.05, 3.63) is 57.0 Å². The van der Waals surface area contributed by atoms with E-state index >= 15 is 0 Å². The van der Waals surface area contributed by atoms with Gasteiger partial charge in [0.2, 0.25) is 6.79 Å². The van der Waals surface area contributed by atoms with E-state index in [-0.39, 0.29) is 12.7 Å². The molecule has 8 heteroatoms. The largest absolute Gasteiger partial charge is 0.454 e. The molecule has 1 aliphatic heterocycles. The lowest BCUT2D eigenvalue weighted by molar-refractivity contribution is -0.115. The van der Waals surface area contributed by atoms with Crippen molar-refractivity contribution in [3.63, 3.8) is 0 Å². The van der Waals surface area contributed by atoms with E-state index in [2.05, 4.69) is 10.9 Å². The molecule has 0 saturated carbocycles. The smallest absolute Gasteiger partial charge is 0.262 e. The maximum absolute atomic E-state index is 11.9. The molecule has 24 heavy (non-hydrogen) atoms. The van der Waals surface area contributed by atoms with Crippen LogP contribution in [0.2, 0.25) is 15.1 Å². The van der Waals surface area contributed by atoms with Crippen LogP contribution in [0.3, 0.4) is 0 Å². The molecule has 2 aromatic carbocycles. The van der Waals surface area contributed by atoms with Crippen LogP contribution in [-0.2, 0) is 4.79 Å². The van der Waals surface area contributed by atoms with Gasteiger partial charge in [0.1, 0.15) is 0 Å². The molecule has 5 nitrogen and oxygen atoms in total. The molecule has 0 aliphatic carbocycles. The van der Waals surface area contributed by atoms with Gasteiger partial charge in [-0.3, -0.25) is 15.6 Å². The summed E-state index contributed by atoms with van der Waals surface area (Å²) in [6.07, 6.45) is 3.01. The highest BCUT2D eigenvalue weighted by molar-refractivity contribution is 6.41. The Balaban J connectivity index is 1.62. The zero-order valence-corrected chi connectivity index (χ0v) is 14.4. The van der Waals surface area contributed by atoms with Crippen LogP contribution in [-0.4, -0.2) is 12.7 Å². The van der Waals surface area contributed by atoms with Crippen molar-refractivity contribution in [1.82, 2.24) is 5.43 Å². The predicted octanol–water partition coefficient (Wildman–Crippen LogP) is 4.53. The second-order valence-corrected chi connectivity index (χ2v) is 6.06. The lowest BCUT2D eigenvalue weighted by Gasteiger charge is -2.10. The van der Waals surface area contributed by atoms with E-state index in [1.54, 1.807) is 18.2 Å². The molecule has 1 aliphatic rings. The van der Waals surface area contributed by atoms with Gasteiger partial charge in [0.05, 0.1) is 15.7 Å². The standard InChI is InChI=1S/C16H11Cl3N2O3/c17-10-6-11(18)16(12(19)7-10)21-20-15(22)4-2-9-1-3-13-14(5-9)24-8-23-13/h1-7,21H,8H2,(H,20,22)/b4-2+. The molecule has 0 spiro atoms. The number of rotatable bonds is 4. The summed E-state index contributed by atoms with van der Waals surface area (Å²) >= 11 is 17.9. The van der Waals surface area contributed by atoms with Gasteiger partial charge in [-0.25, -0.2) is 0 Å². The van der Waals surface area contributed by atoms with Gasteiger partial charge in [-0.1, -0.05) is 40.9 Å². The van der Waals surface area contributed by atoms with Gasteiger partial charge in [0, 0.05) is 11.1 Å². The third-order valence-electron chi connectivity index (χ3n) is 3.14. The lowest BCUT2D eigenvalue weighted by atomic mass is 10.2. The average Bonchev–Trinajstić information content (AvgIpc) is 2.99. The first-order chi connectivity index (χ1) is 11.5. The highest BCUT2D eigenvalue weighted by Gasteiger charge is 2.12. The number of ether oxygens (including phenoxy) is 2. The molecule has 1 amide bonds. The summed E-state index contributed by atoms with van der Waals surface area (Å²) in [6.45, 7) is 0.204. The fraction of sp³-hybridized carbons (Fsp3) is 0.0625. The minimum atomic E-state index is -0.380. The van der Waals surface area contributed by atoms with Crippen LogP contribution < -0.4 is 20.3 Å². The summed E-state index contributed by atoms with van der Waals surface area (Å²) in [4.78, 5) is 11.9. The number of hydrazine groups is 1. The first kappa shape index (κ1) is 16.8. The molecule has 0 fully saturated rings. The summed E-state index contributed by atoms with van der Waals surface area (Å²) in [6, 6.07) is 8.42. The Kier molecular flexibility index (Phi) is 5.04. The second kappa shape index (κ2) is 7.21. The quantitative estimate of drug-likeness (QED) is 0.599. The number of halogens is 3. The van der Waals surface area contributed by atoms with Crippen LogP contribution in [0.15, 0.2) is 36.4 Å². The molecule has 3 rings (SSSR count). The van der Waals surface area contributed by atoms with Crippen LogP contribution in [0.1, 0.15) is 5.56 Å². The Hall–Kier alpha value is -2.08. The third kappa shape index (κ3) is 3.87. The fourth-order valence-electron chi connectivity index (χ4n) is 2.02. The molecule has 0 bridgehead atoms. The van der Waals surface area contributed by atoms with Crippen LogP contribution in [0.5, 0.6) is 11.5 Å². The zero-order valence-electron chi connectivity index (χ0n) is 12.1. The number of anilines is 1. The van der Waals surface area contributed by atoms with Crippen molar-refractivity contribution in [2.24, 2.45) is 0 Å². The van der Waals surface area contributed by atoms with Crippen LogP contribution in [0.25, 0.3) is 6.08 Å². The molecule has 0 atom stereocenters. The van der Waals surface area contributed by atoms with Crippen molar-refractivity contribution < 1.29 is 14.3 Å². The highest BCUT2D eigenvalue weighted by atomic mass is 35.5. The first-order valence-electron chi connectivity index (χ1n) is 6.81. The summed E-state index contributed by atoms with van der Waals surface area (Å²) in [5.41, 5.74) is 6.32. The molecule has 2 aromatic rings. The summed E-state index contributed by atoms with van der Waals surface area (Å²) in [5.74, 6) is 0.954. The number of carbonyl (C=O) groups is 1. The number of hydrogen-bond donors (Lipinski definition) is 2. The Bertz CT molecular complexity index is 801. The fourth-order valence-corrected chi connectivity index (χ4v) is 2.93. The number of fused-ring (bicyclic) bond motifs is 1. The van der Waals surface area contributed by atoms with Crippen molar-refractivity contribution in [3.8, 4) is 11.5 Å². The van der Waals surface area contributed by atoms with Crippen molar-refractivity contribution >= 4 is 52.5 Å². The molecule has 0 unspecified atom stereocenters. The zero-order chi connectivity index (χ0) is 17.1.